The van der Waals surface area contributed by atoms with Crippen molar-refractivity contribution in [2.75, 3.05) is 12.4 Å². The van der Waals surface area contributed by atoms with E-state index in [1.165, 1.54) is 19.3 Å². The largest absolute Gasteiger partial charge is 0.493 e. The topological polar surface area (TPSA) is 71.3 Å². The number of halogens is 4. The number of nitrogens with one attached hydrogen (secondary N) is 1. The van der Waals surface area contributed by atoms with Crippen molar-refractivity contribution in [3.63, 3.8) is 0 Å². The first-order chi connectivity index (χ1) is 15.8. The molecule has 0 heterocycles. The monoisotopic (exact) mass is 548 g/mol. The van der Waals surface area contributed by atoms with Gasteiger partial charge in [-0.25, -0.2) is 4.39 Å². The zero-order chi connectivity index (χ0) is 24.0. The van der Waals surface area contributed by atoms with Gasteiger partial charge in [0, 0.05) is 10.0 Å². The maximum Gasteiger partial charge on any atom is 0.266 e. The van der Waals surface area contributed by atoms with Crippen LogP contribution in [0.3, 0.4) is 0 Å². The van der Waals surface area contributed by atoms with E-state index < -0.39 is 5.91 Å². The normalized spacial score (nSPS) is 11.0. The number of ether oxygens (including phenoxy) is 2. The number of methoxy groups -OCH3 is 1. The van der Waals surface area contributed by atoms with E-state index in [1.54, 1.807) is 48.5 Å². The second-order valence-electron chi connectivity index (χ2n) is 6.63. The molecule has 168 valence electrons. The first-order valence-corrected chi connectivity index (χ1v) is 11.0. The summed E-state index contributed by atoms with van der Waals surface area (Å²) in [7, 11) is 1.45. The molecule has 1 N–H and O–H groups in total. The first kappa shape index (κ1) is 24.6. The number of carbonyl (C=O) groups excluding carboxylic acids is 1. The van der Waals surface area contributed by atoms with Crippen LogP contribution in [0.2, 0.25) is 10.0 Å². The quantitative estimate of drug-likeness (QED) is 0.254. The highest BCUT2D eigenvalue weighted by atomic mass is 79.9. The van der Waals surface area contributed by atoms with Crippen LogP contribution in [0.4, 0.5) is 10.1 Å². The highest BCUT2D eigenvalue weighted by molar-refractivity contribution is 9.10. The number of anilines is 1. The number of hydrogen-bond donors (Lipinski definition) is 1. The molecule has 0 saturated heterocycles. The molecule has 0 aliphatic heterocycles. The van der Waals surface area contributed by atoms with Gasteiger partial charge in [-0.1, -0.05) is 63.4 Å². The average molecular weight is 550 g/mol. The number of hydrogen-bond acceptors (Lipinski definition) is 4. The molecule has 0 spiro atoms. The number of nitrogens with zero attached hydrogens (tertiary/aromatic N) is 1. The molecule has 1 amide bonds. The molecule has 5 nitrogen and oxygen atoms in total. The molecule has 3 rings (SSSR count). The molecule has 0 fully saturated rings. The Kier molecular flexibility index (Phi) is 8.34. The number of rotatable bonds is 7. The van der Waals surface area contributed by atoms with Crippen LogP contribution in [0.5, 0.6) is 11.5 Å². The molecule has 0 saturated carbocycles. The second-order valence-corrected chi connectivity index (χ2v) is 8.27. The standard InChI is InChI=1S/C24H16BrCl2FN2O3/c1-32-21-10-15(17(25)11-22(21)33-13-14-5-2-3-7-19(14)28)9-16(12-29)24(31)30-20-8-4-6-18(26)23(20)27/h2-11H,13H2,1H3,(H,30,31)/b16-9-. The molecule has 0 aromatic heterocycles. The molecule has 9 heteroatoms. The highest BCUT2D eigenvalue weighted by Gasteiger charge is 2.16. The third-order valence-electron chi connectivity index (χ3n) is 4.49. The van der Waals surface area contributed by atoms with Gasteiger partial charge in [-0.2, -0.15) is 5.26 Å². The van der Waals surface area contributed by atoms with Gasteiger partial charge in [0.1, 0.15) is 24.1 Å². The average Bonchev–Trinajstić information content (AvgIpc) is 2.80. The number of benzene rings is 3. The zero-order valence-corrected chi connectivity index (χ0v) is 20.3. The summed E-state index contributed by atoms with van der Waals surface area (Å²) in [4.78, 5) is 12.6. The first-order valence-electron chi connectivity index (χ1n) is 9.45. The van der Waals surface area contributed by atoms with Crippen molar-refractivity contribution in [2.24, 2.45) is 0 Å². The Morgan fingerprint density at radius 3 is 2.64 bits per heavy atom. The Bertz CT molecular complexity index is 1280. The maximum atomic E-state index is 13.9. The van der Waals surface area contributed by atoms with Crippen LogP contribution in [0.25, 0.3) is 6.08 Å². The van der Waals surface area contributed by atoms with Crippen LogP contribution < -0.4 is 14.8 Å². The lowest BCUT2D eigenvalue weighted by Gasteiger charge is -2.13. The Balaban J connectivity index is 1.85. The fraction of sp³-hybridized carbons (Fsp3) is 0.0833. The minimum atomic E-state index is -0.660. The SMILES string of the molecule is COc1cc(/C=C(/C#N)C(=O)Nc2cccc(Cl)c2Cl)c(Br)cc1OCc1ccccc1F. The summed E-state index contributed by atoms with van der Waals surface area (Å²) in [6, 6.07) is 16.2. The molecule has 0 aliphatic carbocycles. The Morgan fingerprint density at radius 1 is 1.18 bits per heavy atom. The van der Waals surface area contributed by atoms with Gasteiger partial charge < -0.3 is 14.8 Å². The van der Waals surface area contributed by atoms with E-state index in [2.05, 4.69) is 21.2 Å². The Hall–Kier alpha value is -3.05. The fourth-order valence-electron chi connectivity index (χ4n) is 2.80. The van der Waals surface area contributed by atoms with Crippen LogP contribution in [-0.4, -0.2) is 13.0 Å². The summed E-state index contributed by atoms with van der Waals surface area (Å²) in [5.41, 5.74) is 0.995. The van der Waals surface area contributed by atoms with Gasteiger partial charge in [0.05, 0.1) is 22.8 Å². The van der Waals surface area contributed by atoms with Crippen molar-refractivity contribution in [2.45, 2.75) is 6.61 Å². The van der Waals surface area contributed by atoms with Gasteiger partial charge in [0.25, 0.3) is 5.91 Å². The van der Waals surface area contributed by atoms with Gasteiger partial charge in [-0.15, -0.1) is 0 Å². The lowest BCUT2D eigenvalue weighted by molar-refractivity contribution is -0.112. The summed E-state index contributed by atoms with van der Waals surface area (Å²) in [6.45, 7) is -0.00307. The lowest BCUT2D eigenvalue weighted by atomic mass is 10.1. The van der Waals surface area contributed by atoms with Crippen molar-refractivity contribution in [3.05, 3.63) is 91.6 Å². The van der Waals surface area contributed by atoms with Crippen molar-refractivity contribution in [3.8, 4) is 17.6 Å². The molecule has 0 unspecified atom stereocenters. The van der Waals surface area contributed by atoms with E-state index in [4.69, 9.17) is 32.7 Å². The predicted octanol–water partition coefficient (Wildman–Crippen LogP) is 7.03. The summed E-state index contributed by atoms with van der Waals surface area (Å²) in [5.74, 6) is -0.332. The molecular weight excluding hydrogens is 534 g/mol. The number of amides is 1. The van der Waals surface area contributed by atoms with Crippen molar-refractivity contribution in [1.29, 1.82) is 5.26 Å². The van der Waals surface area contributed by atoms with Crippen LogP contribution in [-0.2, 0) is 11.4 Å². The van der Waals surface area contributed by atoms with Crippen LogP contribution in [0.1, 0.15) is 11.1 Å². The molecule has 0 atom stereocenters. The molecular formula is C24H16BrCl2FN2O3. The minimum absolute atomic E-state index is 0.00307. The smallest absolute Gasteiger partial charge is 0.266 e. The Labute approximate surface area is 208 Å². The van der Waals surface area contributed by atoms with Gasteiger partial charge >= 0.3 is 0 Å². The molecule has 33 heavy (non-hydrogen) atoms. The van der Waals surface area contributed by atoms with Crippen LogP contribution in [0, 0.1) is 17.1 Å². The molecule has 3 aromatic rings. The second kappa shape index (κ2) is 11.2. The summed E-state index contributed by atoms with van der Waals surface area (Å²) in [5, 5.41) is 12.5. The summed E-state index contributed by atoms with van der Waals surface area (Å²) < 4.78 is 25.5. The summed E-state index contributed by atoms with van der Waals surface area (Å²) >= 11 is 15.5. The predicted molar refractivity (Wildman–Crippen MR) is 130 cm³/mol. The van der Waals surface area contributed by atoms with Crippen molar-refractivity contribution < 1.29 is 18.7 Å². The summed E-state index contributed by atoms with van der Waals surface area (Å²) in [6.07, 6.45) is 1.39. The third kappa shape index (κ3) is 6.05. The Morgan fingerprint density at radius 2 is 1.94 bits per heavy atom. The van der Waals surface area contributed by atoms with E-state index in [-0.39, 0.29) is 33.7 Å². The van der Waals surface area contributed by atoms with Gasteiger partial charge in [-0.3, -0.25) is 4.79 Å². The zero-order valence-electron chi connectivity index (χ0n) is 17.2. The number of nitriles is 1. The molecule has 0 bridgehead atoms. The van der Waals surface area contributed by atoms with Gasteiger partial charge in [-0.05, 0) is 42.0 Å². The van der Waals surface area contributed by atoms with E-state index in [1.807, 2.05) is 6.07 Å². The van der Waals surface area contributed by atoms with E-state index in [0.717, 1.165) is 0 Å². The minimum Gasteiger partial charge on any atom is -0.493 e. The lowest BCUT2D eigenvalue weighted by Crippen LogP contribution is -2.13. The van der Waals surface area contributed by atoms with Crippen LogP contribution >= 0.6 is 39.1 Å². The van der Waals surface area contributed by atoms with Crippen molar-refractivity contribution >= 4 is 56.8 Å². The van der Waals surface area contributed by atoms with Crippen LogP contribution in [0.15, 0.2) is 64.6 Å². The van der Waals surface area contributed by atoms with Gasteiger partial charge in [0.15, 0.2) is 11.5 Å². The van der Waals surface area contributed by atoms with E-state index >= 15 is 0 Å². The third-order valence-corrected chi connectivity index (χ3v) is 5.99. The fourth-order valence-corrected chi connectivity index (χ4v) is 3.58. The van der Waals surface area contributed by atoms with E-state index in [9.17, 15) is 14.4 Å². The van der Waals surface area contributed by atoms with E-state index in [0.29, 0.717) is 27.1 Å². The highest BCUT2D eigenvalue weighted by Crippen LogP contribution is 2.35. The van der Waals surface area contributed by atoms with Gasteiger partial charge in [0.2, 0.25) is 0 Å². The molecule has 3 aromatic carbocycles. The maximum absolute atomic E-state index is 13.9. The number of carbonyl (C=O) groups is 1. The molecule has 0 aliphatic rings. The molecule has 0 radical (unpaired) electrons. The van der Waals surface area contributed by atoms with Crippen molar-refractivity contribution in [1.82, 2.24) is 0 Å².